The molecule has 0 unspecified atom stereocenters. The van der Waals surface area contributed by atoms with Gasteiger partial charge < -0.3 is 16.0 Å². The molecular formula is C12H16FN3O. The third-order valence-electron chi connectivity index (χ3n) is 2.52. The molecule has 17 heavy (non-hydrogen) atoms. The molecule has 1 saturated carbocycles. The summed E-state index contributed by atoms with van der Waals surface area (Å²) in [6.07, 6.45) is 2.48. The molecule has 1 aliphatic rings. The molecule has 2 rings (SSSR count). The molecule has 0 aromatic heterocycles. The Morgan fingerprint density at radius 1 is 1.24 bits per heavy atom. The summed E-state index contributed by atoms with van der Waals surface area (Å²) in [4.78, 5) is 11.4. The molecule has 3 N–H and O–H groups in total. The number of rotatable bonds is 5. The molecular weight excluding hydrogens is 221 g/mol. The van der Waals surface area contributed by atoms with Gasteiger partial charge in [-0.1, -0.05) is 0 Å². The molecule has 0 radical (unpaired) electrons. The van der Waals surface area contributed by atoms with Crippen molar-refractivity contribution in [3.8, 4) is 0 Å². The van der Waals surface area contributed by atoms with E-state index in [4.69, 9.17) is 0 Å². The molecule has 92 valence electrons. The predicted molar refractivity (Wildman–Crippen MR) is 64.4 cm³/mol. The SMILES string of the molecule is O=C(NCCNC1CC1)Nc1ccc(F)cc1. The van der Waals surface area contributed by atoms with Crippen molar-refractivity contribution in [1.29, 1.82) is 0 Å². The van der Waals surface area contributed by atoms with Gasteiger partial charge in [-0.15, -0.1) is 0 Å². The summed E-state index contributed by atoms with van der Waals surface area (Å²) in [7, 11) is 0. The predicted octanol–water partition coefficient (Wildman–Crippen LogP) is 1.70. The summed E-state index contributed by atoms with van der Waals surface area (Å²) in [5.74, 6) is -0.315. The molecule has 0 heterocycles. The van der Waals surface area contributed by atoms with Crippen LogP contribution < -0.4 is 16.0 Å². The van der Waals surface area contributed by atoms with Crippen molar-refractivity contribution < 1.29 is 9.18 Å². The van der Waals surface area contributed by atoms with Crippen molar-refractivity contribution in [3.63, 3.8) is 0 Å². The normalized spacial score (nSPS) is 14.4. The summed E-state index contributed by atoms with van der Waals surface area (Å²) >= 11 is 0. The highest BCUT2D eigenvalue weighted by Crippen LogP contribution is 2.17. The van der Waals surface area contributed by atoms with E-state index in [2.05, 4.69) is 16.0 Å². The topological polar surface area (TPSA) is 53.2 Å². The maximum absolute atomic E-state index is 12.6. The fraction of sp³-hybridized carbons (Fsp3) is 0.417. The summed E-state index contributed by atoms with van der Waals surface area (Å²) in [5.41, 5.74) is 0.582. The Labute approximate surface area is 99.6 Å². The lowest BCUT2D eigenvalue weighted by molar-refractivity contribution is 0.252. The number of halogens is 1. The molecule has 0 saturated heterocycles. The van der Waals surface area contributed by atoms with E-state index in [9.17, 15) is 9.18 Å². The van der Waals surface area contributed by atoms with Gasteiger partial charge in [-0.05, 0) is 37.1 Å². The summed E-state index contributed by atoms with van der Waals surface area (Å²) in [5, 5.41) is 8.64. The van der Waals surface area contributed by atoms with Crippen molar-refractivity contribution in [2.75, 3.05) is 18.4 Å². The Kier molecular flexibility index (Phi) is 3.93. The fourth-order valence-corrected chi connectivity index (χ4v) is 1.45. The van der Waals surface area contributed by atoms with Gasteiger partial charge >= 0.3 is 6.03 Å². The number of hydrogen-bond donors (Lipinski definition) is 3. The van der Waals surface area contributed by atoms with E-state index in [1.54, 1.807) is 0 Å². The first-order chi connectivity index (χ1) is 8.24. The average Bonchev–Trinajstić information content (AvgIpc) is 3.12. The van der Waals surface area contributed by atoms with Crippen LogP contribution in [-0.4, -0.2) is 25.2 Å². The molecule has 1 aromatic carbocycles. The zero-order chi connectivity index (χ0) is 12.1. The monoisotopic (exact) mass is 237 g/mol. The van der Waals surface area contributed by atoms with Crippen LogP contribution in [0.2, 0.25) is 0 Å². The quantitative estimate of drug-likeness (QED) is 0.683. The lowest BCUT2D eigenvalue weighted by Gasteiger charge is -2.07. The second kappa shape index (κ2) is 5.63. The lowest BCUT2D eigenvalue weighted by atomic mass is 10.3. The first-order valence-corrected chi connectivity index (χ1v) is 5.78. The van der Waals surface area contributed by atoms with Crippen molar-refractivity contribution in [1.82, 2.24) is 10.6 Å². The van der Waals surface area contributed by atoms with Crippen molar-refractivity contribution in [3.05, 3.63) is 30.1 Å². The van der Waals surface area contributed by atoms with E-state index in [0.717, 1.165) is 6.54 Å². The number of carbonyl (C=O) groups excluding carboxylic acids is 1. The number of amides is 2. The minimum Gasteiger partial charge on any atom is -0.337 e. The van der Waals surface area contributed by atoms with Crippen LogP contribution in [0.15, 0.2) is 24.3 Å². The number of hydrogen-bond acceptors (Lipinski definition) is 2. The third kappa shape index (κ3) is 4.40. The van der Waals surface area contributed by atoms with Crippen LogP contribution in [0, 0.1) is 5.82 Å². The molecule has 2 amide bonds. The van der Waals surface area contributed by atoms with Gasteiger partial charge in [0, 0.05) is 24.8 Å². The Balaban J connectivity index is 1.63. The summed E-state index contributed by atoms with van der Waals surface area (Å²) < 4.78 is 12.6. The molecule has 1 aliphatic carbocycles. The molecule has 0 aliphatic heterocycles. The van der Waals surface area contributed by atoms with Gasteiger partial charge in [0.1, 0.15) is 5.82 Å². The minimum atomic E-state index is -0.315. The van der Waals surface area contributed by atoms with E-state index in [1.165, 1.54) is 37.1 Å². The number of anilines is 1. The van der Waals surface area contributed by atoms with Crippen molar-refractivity contribution >= 4 is 11.7 Å². The number of benzene rings is 1. The zero-order valence-corrected chi connectivity index (χ0v) is 9.50. The highest BCUT2D eigenvalue weighted by molar-refractivity contribution is 5.89. The molecule has 1 aromatic rings. The molecule has 0 bridgehead atoms. The highest BCUT2D eigenvalue weighted by Gasteiger charge is 2.19. The number of carbonyl (C=O) groups is 1. The average molecular weight is 237 g/mol. The van der Waals surface area contributed by atoms with Gasteiger partial charge in [-0.3, -0.25) is 0 Å². The van der Waals surface area contributed by atoms with Crippen molar-refractivity contribution in [2.45, 2.75) is 18.9 Å². The molecule has 4 nitrogen and oxygen atoms in total. The lowest BCUT2D eigenvalue weighted by Crippen LogP contribution is -2.35. The van der Waals surface area contributed by atoms with E-state index >= 15 is 0 Å². The first-order valence-electron chi connectivity index (χ1n) is 5.78. The van der Waals surface area contributed by atoms with Crippen LogP contribution in [0.3, 0.4) is 0 Å². The van der Waals surface area contributed by atoms with Crippen LogP contribution in [0.4, 0.5) is 14.9 Å². The Bertz CT molecular complexity index is 376. The van der Waals surface area contributed by atoms with E-state index in [1.807, 2.05) is 0 Å². The summed E-state index contributed by atoms with van der Waals surface area (Å²) in [6.45, 7) is 1.37. The van der Waals surface area contributed by atoms with E-state index in [-0.39, 0.29) is 11.8 Å². The Morgan fingerprint density at radius 3 is 2.59 bits per heavy atom. The van der Waals surface area contributed by atoms with Gasteiger partial charge in [0.05, 0.1) is 0 Å². The highest BCUT2D eigenvalue weighted by atomic mass is 19.1. The molecule has 1 fully saturated rings. The standard InChI is InChI=1S/C12H16FN3O/c13-9-1-3-11(4-2-9)16-12(17)15-8-7-14-10-5-6-10/h1-4,10,14H,5-8H2,(H2,15,16,17). The second-order valence-corrected chi connectivity index (χ2v) is 4.12. The third-order valence-corrected chi connectivity index (χ3v) is 2.52. The van der Waals surface area contributed by atoms with Gasteiger partial charge in [0.25, 0.3) is 0 Å². The maximum Gasteiger partial charge on any atom is 0.319 e. The summed E-state index contributed by atoms with van der Waals surface area (Å²) in [6, 6.07) is 6.05. The largest absolute Gasteiger partial charge is 0.337 e. The van der Waals surface area contributed by atoms with Crippen LogP contribution in [0.1, 0.15) is 12.8 Å². The minimum absolute atomic E-state index is 0.269. The molecule has 0 atom stereocenters. The maximum atomic E-state index is 12.6. The Morgan fingerprint density at radius 2 is 1.94 bits per heavy atom. The smallest absolute Gasteiger partial charge is 0.319 e. The van der Waals surface area contributed by atoms with Crippen LogP contribution in [0.25, 0.3) is 0 Å². The van der Waals surface area contributed by atoms with Crippen LogP contribution in [0.5, 0.6) is 0 Å². The first kappa shape index (κ1) is 11.9. The van der Waals surface area contributed by atoms with E-state index in [0.29, 0.717) is 18.3 Å². The molecule has 0 spiro atoms. The fourth-order valence-electron chi connectivity index (χ4n) is 1.45. The number of urea groups is 1. The van der Waals surface area contributed by atoms with Gasteiger partial charge in [0.2, 0.25) is 0 Å². The second-order valence-electron chi connectivity index (χ2n) is 4.12. The van der Waals surface area contributed by atoms with Crippen LogP contribution in [-0.2, 0) is 0 Å². The van der Waals surface area contributed by atoms with Gasteiger partial charge in [0.15, 0.2) is 0 Å². The van der Waals surface area contributed by atoms with E-state index < -0.39 is 0 Å². The molecule has 5 heteroatoms. The zero-order valence-electron chi connectivity index (χ0n) is 9.50. The number of nitrogens with one attached hydrogen (secondary N) is 3. The van der Waals surface area contributed by atoms with Crippen LogP contribution >= 0.6 is 0 Å². The Hall–Kier alpha value is -1.62. The van der Waals surface area contributed by atoms with Gasteiger partial charge in [-0.25, -0.2) is 9.18 Å². The van der Waals surface area contributed by atoms with Crippen molar-refractivity contribution in [2.24, 2.45) is 0 Å². The van der Waals surface area contributed by atoms with Gasteiger partial charge in [-0.2, -0.15) is 0 Å².